The molecule has 0 aliphatic carbocycles. The van der Waals surface area contributed by atoms with E-state index < -0.39 is 35.2 Å². The fraction of sp³-hybridized carbons (Fsp3) is 0.350. The zero-order valence-corrected chi connectivity index (χ0v) is 18.8. The van der Waals surface area contributed by atoms with E-state index in [4.69, 9.17) is 10.5 Å². The number of nitrogens with zero attached hydrogens (tertiary/aromatic N) is 3. The van der Waals surface area contributed by atoms with Crippen LogP contribution in [0.25, 0.3) is 0 Å². The number of benzene rings is 1. The highest BCUT2D eigenvalue weighted by Gasteiger charge is 2.54. The second-order valence-electron chi connectivity index (χ2n) is 7.71. The Morgan fingerprint density at radius 1 is 1.45 bits per heavy atom. The number of hydrogen-bond acceptors (Lipinski definition) is 9. The molecular formula is C20H20N6O5S2. The first-order chi connectivity index (χ1) is 15.9. The molecule has 1 aromatic heterocycles. The average molecular weight is 489 g/mol. The lowest BCUT2D eigenvalue weighted by molar-refractivity contribution is -0.150. The summed E-state index contributed by atoms with van der Waals surface area (Å²) in [6, 6.07) is 3.60. The van der Waals surface area contributed by atoms with Gasteiger partial charge < -0.3 is 20.9 Å². The molecule has 5 N–H and O–H groups in total. The molecule has 3 atom stereocenters. The van der Waals surface area contributed by atoms with Crippen LogP contribution in [0.4, 0.5) is 0 Å². The fourth-order valence-corrected chi connectivity index (χ4v) is 6.28. The molecule has 13 heteroatoms. The Labute approximate surface area is 196 Å². The summed E-state index contributed by atoms with van der Waals surface area (Å²) in [4.78, 5) is 38.8. The molecule has 3 aliphatic rings. The quantitative estimate of drug-likeness (QED) is 0.314. The van der Waals surface area contributed by atoms with E-state index in [-0.39, 0.29) is 5.70 Å². The number of amides is 2. The minimum atomic E-state index is -1.17. The van der Waals surface area contributed by atoms with Crippen LogP contribution in [0, 0.1) is 0 Å². The van der Waals surface area contributed by atoms with Gasteiger partial charge in [0.25, 0.3) is 5.91 Å². The van der Waals surface area contributed by atoms with Crippen molar-refractivity contribution in [3.05, 3.63) is 46.8 Å². The molecule has 2 amide bonds. The molecule has 0 spiro atoms. The zero-order valence-electron chi connectivity index (χ0n) is 17.2. The number of aromatic amines is 1. The average Bonchev–Trinajstić information content (AvgIpc) is 3.51. The number of thioether (sulfide) groups is 2. The first-order valence-corrected chi connectivity index (χ1v) is 12.2. The molecule has 5 rings (SSSR count). The predicted octanol–water partition coefficient (Wildman–Crippen LogP) is 0.270. The van der Waals surface area contributed by atoms with Gasteiger partial charge in [-0.3, -0.25) is 19.6 Å². The molecule has 4 heterocycles. The van der Waals surface area contributed by atoms with Crippen LogP contribution in [0.5, 0.6) is 5.75 Å². The highest BCUT2D eigenvalue weighted by atomic mass is 32.2. The number of carbonyl (C=O) groups is 3. The third kappa shape index (κ3) is 3.96. The molecule has 172 valence electrons. The second-order valence-corrected chi connectivity index (χ2v) is 9.83. The van der Waals surface area contributed by atoms with E-state index in [1.165, 1.54) is 28.4 Å². The van der Waals surface area contributed by atoms with Crippen molar-refractivity contribution in [2.75, 3.05) is 18.1 Å². The first-order valence-electron chi connectivity index (χ1n) is 10.1. The standard InChI is InChI=1S/C20H20N6O5S2/c21-14(10-1-2-12-9(5-10)3-4-31-12)17(27)23-15-18(28)26-16(20(29)30)11(8-33-19(15)26)7-32-13-6-22-25-24-13/h1-2,5-6,14-15,19H,3-4,7-8,21H2,(H,23,27)(H,29,30)(H,22,24,25). The molecule has 0 saturated carbocycles. The van der Waals surface area contributed by atoms with Crippen molar-refractivity contribution in [3.63, 3.8) is 0 Å². The molecule has 3 aliphatic heterocycles. The number of fused-ring (bicyclic) bond motifs is 2. The number of hydrogen-bond donors (Lipinski definition) is 4. The van der Waals surface area contributed by atoms with Crippen LogP contribution >= 0.6 is 23.5 Å². The Bertz CT molecular complexity index is 1150. The number of nitrogens with one attached hydrogen (secondary N) is 2. The molecule has 11 nitrogen and oxygen atoms in total. The van der Waals surface area contributed by atoms with E-state index in [0.29, 0.717) is 34.3 Å². The normalized spacial score (nSPS) is 22.2. The topological polar surface area (TPSA) is 164 Å². The lowest BCUT2D eigenvalue weighted by atomic mass is 10.00. The van der Waals surface area contributed by atoms with Crippen LogP contribution in [0.15, 0.2) is 40.7 Å². The maximum absolute atomic E-state index is 12.8. The van der Waals surface area contributed by atoms with E-state index in [2.05, 4.69) is 20.7 Å². The Morgan fingerprint density at radius 2 is 2.30 bits per heavy atom. The smallest absolute Gasteiger partial charge is 0.352 e. The summed E-state index contributed by atoms with van der Waals surface area (Å²) < 4.78 is 5.48. The molecule has 3 unspecified atom stereocenters. The van der Waals surface area contributed by atoms with Gasteiger partial charge in [-0.15, -0.1) is 28.6 Å². The minimum Gasteiger partial charge on any atom is -0.493 e. The van der Waals surface area contributed by atoms with E-state index in [1.54, 1.807) is 18.3 Å². The summed E-state index contributed by atoms with van der Waals surface area (Å²) in [5.74, 6) is -0.527. The van der Waals surface area contributed by atoms with Crippen LogP contribution in [0.1, 0.15) is 17.2 Å². The summed E-state index contributed by atoms with van der Waals surface area (Å²) in [7, 11) is 0. The lowest BCUT2D eigenvalue weighted by Crippen LogP contribution is -2.71. The van der Waals surface area contributed by atoms with Gasteiger partial charge in [0.15, 0.2) is 0 Å². The second kappa shape index (κ2) is 8.72. The number of β-lactam (4-membered cyclic amide) rings is 1. The van der Waals surface area contributed by atoms with Gasteiger partial charge in [-0.25, -0.2) is 4.79 Å². The van der Waals surface area contributed by atoms with Crippen LogP contribution in [-0.2, 0) is 20.8 Å². The highest BCUT2D eigenvalue weighted by molar-refractivity contribution is 8.01. The summed E-state index contributed by atoms with van der Waals surface area (Å²) in [6.45, 7) is 0.601. The van der Waals surface area contributed by atoms with E-state index in [1.807, 2.05) is 6.07 Å². The van der Waals surface area contributed by atoms with Crippen molar-refractivity contribution < 1.29 is 24.2 Å². The Hall–Kier alpha value is -3.03. The molecule has 1 aromatic carbocycles. The SMILES string of the molecule is NC(C(=O)NC1C(=O)N2C(C(=O)O)=C(CSc3cnn[nH]3)CSC12)c1ccc2c(c1)CCO2. The maximum atomic E-state index is 12.8. The zero-order chi connectivity index (χ0) is 23.1. The molecule has 1 saturated heterocycles. The van der Waals surface area contributed by atoms with Crippen molar-refractivity contribution in [3.8, 4) is 5.75 Å². The van der Waals surface area contributed by atoms with Crippen molar-refractivity contribution in [1.29, 1.82) is 0 Å². The molecule has 0 bridgehead atoms. The van der Waals surface area contributed by atoms with E-state index in [9.17, 15) is 19.5 Å². The van der Waals surface area contributed by atoms with Gasteiger partial charge >= 0.3 is 5.97 Å². The largest absolute Gasteiger partial charge is 0.493 e. The fourth-order valence-electron chi connectivity index (χ4n) is 4.01. The first kappa shape index (κ1) is 21.8. The van der Waals surface area contributed by atoms with Crippen molar-refractivity contribution >= 4 is 41.3 Å². The van der Waals surface area contributed by atoms with E-state index in [0.717, 1.165) is 17.7 Å². The van der Waals surface area contributed by atoms with Gasteiger partial charge in [0.1, 0.15) is 33.9 Å². The molecule has 0 radical (unpaired) electrons. The summed E-state index contributed by atoms with van der Waals surface area (Å²) in [5.41, 5.74) is 8.38. The van der Waals surface area contributed by atoms with Gasteiger partial charge in [-0.05, 0) is 28.8 Å². The number of aliphatic carboxylic acids is 1. The number of ether oxygens (including phenoxy) is 1. The van der Waals surface area contributed by atoms with Gasteiger partial charge in [-0.1, -0.05) is 11.3 Å². The molecule has 1 fully saturated rings. The van der Waals surface area contributed by atoms with Crippen molar-refractivity contribution in [2.24, 2.45) is 5.73 Å². The van der Waals surface area contributed by atoms with Crippen molar-refractivity contribution in [1.82, 2.24) is 25.6 Å². The van der Waals surface area contributed by atoms with Gasteiger partial charge in [0.2, 0.25) is 5.91 Å². The summed E-state index contributed by atoms with van der Waals surface area (Å²) >= 11 is 2.77. The number of carboxylic acid groups (broad SMARTS) is 1. The number of nitrogens with two attached hydrogens (primary N) is 1. The van der Waals surface area contributed by atoms with E-state index >= 15 is 0 Å². The number of carboxylic acids is 1. The van der Waals surface area contributed by atoms with Gasteiger partial charge in [-0.2, -0.15) is 0 Å². The molecule has 2 aromatic rings. The highest BCUT2D eigenvalue weighted by Crippen LogP contribution is 2.41. The van der Waals surface area contributed by atoms with Crippen LogP contribution in [-0.4, -0.2) is 72.7 Å². The van der Waals surface area contributed by atoms with Crippen LogP contribution < -0.4 is 15.8 Å². The third-order valence-corrected chi connectivity index (χ3v) is 8.04. The number of rotatable bonds is 7. The van der Waals surface area contributed by atoms with Gasteiger partial charge in [0, 0.05) is 17.9 Å². The third-order valence-electron chi connectivity index (χ3n) is 5.70. The van der Waals surface area contributed by atoms with Crippen LogP contribution in [0.3, 0.4) is 0 Å². The monoisotopic (exact) mass is 488 g/mol. The summed E-state index contributed by atoms with van der Waals surface area (Å²) in [5, 5.41) is 22.7. The predicted molar refractivity (Wildman–Crippen MR) is 119 cm³/mol. The Balaban J connectivity index is 1.27. The number of carbonyl (C=O) groups excluding carboxylic acids is 2. The molecular weight excluding hydrogens is 468 g/mol. The van der Waals surface area contributed by atoms with Crippen molar-refractivity contribution in [2.45, 2.75) is 28.9 Å². The Morgan fingerprint density at radius 3 is 3.06 bits per heavy atom. The van der Waals surface area contributed by atoms with Gasteiger partial charge in [0.05, 0.1) is 12.8 Å². The number of aromatic nitrogens is 3. The minimum absolute atomic E-state index is 0.0304. The summed E-state index contributed by atoms with van der Waals surface area (Å²) in [6.07, 6.45) is 2.30. The lowest BCUT2D eigenvalue weighted by Gasteiger charge is -2.49. The van der Waals surface area contributed by atoms with Crippen LogP contribution in [0.2, 0.25) is 0 Å². The maximum Gasteiger partial charge on any atom is 0.352 e. The molecule has 33 heavy (non-hydrogen) atoms. The Kier molecular flexibility index (Phi) is 5.76. The number of H-pyrrole nitrogens is 1.